The van der Waals surface area contributed by atoms with E-state index >= 15 is 0 Å². The van der Waals surface area contributed by atoms with Crippen LogP contribution in [0.5, 0.6) is 0 Å². The molecule has 2 rings (SSSR count). The van der Waals surface area contributed by atoms with Gasteiger partial charge in [-0.15, -0.1) is 0 Å². The fourth-order valence-corrected chi connectivity index (χ4v) is 3.20. The highest BCUT2D eigenvalue weighted by molar-refractivity contribution is 5.81. The molecule has 0 bridgehead atoms. The summed E-state index contributed by atoms with van der Waals surface area (Å²) < 4.78 is 0. The van der Waals surface area contributed by atoms with Crippen LogP contribution in [0.1, 0.15) is 27.2 Å². The van der Waals surface area contributed by atoms with Gasteiger partial charge < -0.3 is 15.1 Å². The summed E-state index contributed by atoms with van der Waals surface area (Å²) in [7, 11) is 2.06. The standard InChI is InChI=1S/C21H34N4O2/c1-21(2,3)20(27)25-15-13-24(14-16-25)17-19(26)22-11-8-12-23(4)18-9-6-5-7-10-18/h5-7,9-10H,8,11-17H2,1-4H3,(H,22,26). The van der Waals surface area contributed by atoms with Crippen LogP contribution in [0.15, 0.2) is 30.3 Å². The molecule has 1 fully saturated rings. The number of benzene rings is 1. The van der Waals surface area contributed by atoms with E-state index in [-0.39, 0.29) is 17.2 Å². The highest BCUT2D eigenvalue weighted by atomic mass is 16.2. The van der Waals surface area contributed by atoms with Crippen LogP contribution in [0.3, 0.4) is 0 Å². The van der Waals surface area contributed by atoms with Crippen molar-refractivity contribution in [3.8, 4) is 0 Å². The second-order valence-corrected chi connectivity index (χ2v) is 8.28. The number of piperazine rings is 1. The van der Waals surface area contributed by atoms with E-state index in [1.807, 2.05) is 43.9 Å². The third-order valence-electron chi connectivity index (χ3n) is 4.86. The molecule has 150 valence electrons. The Hall–Kier alpha value is -2.08. The maximum Gasteiger partial charge on any atom is 0.234 e. The number of carbonyl (C=O) groups is 2. The van der Waals surface area contributed by atoms with E-state index in [4.69, 9.17) is 0 Å². The van der Waals surface area contributed by atoms with Gasteiger partial charge in [0, 0.05) is 57.4 Å². The van der Waals surface area contributed by atoms with E-state index in [2.05, 4.69) is 34.3 Å². The lowest BCUT2D eigenvalue weighted by Crippen LogP contribution is -2.53. The van der Waals surface area contributed by atoms with Crippen molar-refractivity contribution in [2.24, 2.45) is 5.41 Å². The number of nitrogens with zero attached hydrogens (tertiary/aromatic N) is 3. The Morgan fingerprint density at radius 1 is 1.07 bits per heavy atom. The molecule has 6 nitrogen and oxygen atoms in total. The number of nitrogens with one attached hydrogen (secondary N) is 1. The Balaban J connectivity index is 1.61. The number of hydrogen-bond acceptors (Lipinski definition) is 4. The molecule has 1 saturated heterocycles. The summed E-state index contributed by atoms with van der Waals surface area (Å²) in [5, 5.41) is 3.01. The normalized spacial score (nSPS) is 15.5. The van der Waals surface area contributed by atoms with Crippen molar-refractivity contribution < 1.29 is 9.59 Å². The number of amides is 2. The average Bonchev–Trinajstić information content (AvgIpc) is 2.65. The number of anilines is 1. The largest absolute Gasteiger partial charge is 0.375 e. The third kappa shape index (κ3) is 6.86. The molecule has 0 aromatic heterocycles. The van der Waals surface area contributed by atoms with Gasteiger partial charge in [0.15, 0.2) is 0 Å². The van der Waals surface area contributed by atoms with Crippen molar-refractivity contribution in [1.82, 2.24) is 15.1 Å². The van der Waals surface area contributed by atoms with E-state index in [9.17, 15) is 9.59 Å². The Morgan fingerprint density at radius 3 is 2.30 bits per heavy atom. The van der Waals surface area contributed by atoms with Gasteiger partial charge in [-0.3, -0.25) is 14.5 Å². The first kappa shape index (κ1) is 21.2. The van der Waals surface area contributed by atoms with Gasteiger partial charge in [-0.2, -0.15) is 0 Å². The van der Waals surface area contributed by atoms with Gasteiger partial charge in [0.05, 0.1) is 6.54 Å². The maximum atomic E-state index is 12.3. The zero-order valence-electron chi connectivity index (χ0n) is 17.2. The first-order chi connectivity index (χ1) is 12.8. The molecule has 2 amide bonds. The minimum atomic E-state index is -0.341. The van der Waals surface area contributed by atoms with Crippen molar-refractivity contribution in [3.05, 3.63) is 30.3 Å². The van der Waals surface area contributed by atoms with Crippen molar-refractivity contribution in [2.45, 2.75) is 27.2 Å². The molecule has 0 atom stereocenters. The number of carbonyl (C=O) groups excluding carboxylic acids is 2. The van der Waals surface area contributed by atoms with Crippen LogP contribution in [0.25, 0.3) is 0 Å². The maximum absolute atomic E-state index is 12.3. The van der Waals surface area contributed by atoms with E-state index in [0.29, 0.717) is 26.2 Å². The number of para-hydroxylation sites is 1. The molecule has 6 heteroatoms. The van der Waals surface area contributed by atoms with Gasteiger partial charge in [-0.1, -0.05) is 39.0 Å². The Morgan fingerprint density at radius 2 is 1.70 bits per heavy atom. The lowest BCUT2D eigenvalue weighted by Gasteiger charge is -2.37. The van der Waals surface area contributed by atoms with Gasteiger partial charge in [0.25, 0.3) is 0 Å². The Labute approximate surface area is 163 Å². The fraction of sp³-hybridized carbons (Fsp3) is 0.619. The molecule has 0 aliphatic carbocycles. The van der Waals surface area contributed by atoms with Crippen LogP contribution < -0.4 is 10.2 Å². The van der Waals surface area contributed by atoms with Crippen LogP contribution in [-0.2, 0) is 9.59 Å². The molecule has 0 saturated carbocycles. The summed E-state index contributed by atoms with van der Waals surface area (Å²) in [6.45, 7) is 10.7. The summed E-state index contributed by atoms with van der Waals surface area (Å²) >= 11 is 0. The minimum absolute atomic E-state index is 0.0629. The molecule has 0 unspecified atom stereocenters. The Kier molecular flexibility index (Phi) is 7.66. The zero-order chi connectivity index (χ0) is 19.9. The van der Waals surface area contributed by atoms with Crippen LogP contribution in [-0.4, -0.2) is 74.5 Å². The van der Waals surface area contributed by atoms with Crippen molar-refractivity contribution >= 4 is 17.5 Å². The highest BCUT2D eigenvalue weighted by Gasteiger charge is 2.29. The average molecular weight is 375 g/mol. The molecule has 1 aliphatic rings. The predicted molar refractivity (Wildman–Crippen MR) is 110 cm³/mol. The topological polar surface area (TPSA) is 55.9 Å². The van der Waals surface area contributed by atoms with Gasteiger partial charge >= 0.3 is 0 Å². The summed E-state index contributed by atoms with van der Waals surface area (Å²) in [5.41, 5.74) is 0.846. The van der Waals surface area contributed by atoms with Crippen molar-refractivity contribution in [2.75, 3.05) is 57.8 Å². The fourth-order valence-electron chi connectivity index (χ4n) is 3.20. The first-order valence-corrected chi connectivity index (χ1v) is 9.82. The molecule has 1 heterocycles. The van der Waals surface area contributed by atoms with Gasteiger partial charge in [-0.25, -0.2) is 0 Å². The lowest BCUT2D eigenvalue weighted by molar-refractivity contribution is -0.141. The van der Waals surface area contributed by atoms with Crippen LogP contribution in [0.4, 0.5) is 5.69 Å². The number of rotatable bonds is 7. The second-order valence-electron chi connectivity index (χ2n) is 8.28. The first-order valence-electron chi connectivity index (χ1n) is 9.82. The third-order valence-corrected chi connectivity index (χ3v) is 4.86. The highest BCUT2D eigenvalue weighted by Crippen LogP contribution is 2.18. The SMILES string of the molecule is CN(CCCNC(=O)CN1CCN(C(=O)C(C)(C)C)CC1)c1ccccc1. The molecule has 1 aromatic carbocycles. The molecule has 1 aliphatic heterocycles. The molecular formula is C21H34N4O2. The summed E-state index contributed by atoms with van der Waals surface area (Å²) in [5.74, 6) is 0.252. The zero-order valence-corrected chi connectivity index (χ0v) is 17.2. The predicted octanol–water partition coefficient (Wildman–Crippen LogP) is 1.82. The van der Waals surface area contributed by atoms with Crippen molar-refractivity contribution in [3.63, 3.8) is 0 Å². The van der Waals surface area contributed by atoms with E-state index < -0.39 is 0 Å². The molecular weight excluding hydrogens is 340 g/mol. The van der Waals surface area contributed by atoms with Crippen LogP contribution in [0.2, 0.25) is 0 Å². The number of hydrogen-bond donors (Lipinski definition) is 1. The van der Waals surface area contributed by atoms with E-state index in [0.717, 1.165) is 26.1 Å². The van der Waals surface area contributed by atoms with Crippen LogP contribution >= 0.6 is 0 Å². The quantitative estimate of drug-likeness (QED) is 0.740. The molecule has 1 aromatic rings. The van der Waals surface area contributed by atoms with Gasteiger partial charge in [0.2, 0.25) is 11.8 Å². The van der Waals surface area contributed by atoms with E-state index in [1.54, 1.807) is 0 Å². The monoisotopic (exact) mass is 374 g/mol. The van der Waals surface area contributed by atoms with E-state index in [1.165, 1.54) is 5.69 Å². The molecule has 0 spiro atoms. The van der Waals surface area contributed by atoms with Crippen molar-refractivity contribution in [1.29, 1.82) is 0 Å². The molecule has 27 heavy (non-hydrogen) atoms. The van der Waals surface area contributed by atoms with Gasteiger partial charge in [0.1, 0.15) is 0 Å². The minimum Gasteiger partial charge on any atom is -0.375 e. The summed E-state index contributed by atoms with van der Waals surface area (Å²) in [4.78, 5) is 30.7. The lowest BCUT2D eigenvalue weighted by atomic mass is 9.94. The summed E-state index contributed by atoms with van der Waals surface area (Å²) in [6.07, 6.45) is 0.908. The smallest absolute Gasteiger partial charge is 0.234 e. The molecule has 1 N–H and O–H groups in total. The summed E-state index contributed by atoms with van der Waals surface area (Å²) in [6, 6.07) is 10.2. The van der Waals surface area contributed by atoms with Crippen LogP contribution in [0, 0.1) is 5.41 Å². The molecule has 0 radical (unpaired) electrons. The van der Waals surface area contributed by atoms with Gasteiger partial charge in [-0.05, 0) is 18.6 Å². The Bertz CT molecular complexity index is 604. The second kappa shape index (κ2) is 9.74.